The van der Waals surface area contributed by atoms with Crippen LogP contribution in [0.25, 0.3) is 0 Å². The van der Waals surface area contributed by atoms with Crippen molar-refractivity contribution in [2.24, 2.45) is 17.8 Å². The largest absolute Gasteiger partial charge is 0.354 e. The number of nitrogens with one attached hydrogen (secondary N) is 2. The lowest BCUT2D eigenvalue weighted by molar-refractivity contribution is -0.131. The average Bonchev–Trinajstić information content (AvgIpc) is 3.61. The summed E-state index contributed by atoms with van der Waals surface area (Å²) in [6, 6.07) is 0.779. The topological polar surface area (TPSA) is 99.3 Å². The van der Waals surface area contributed by atoms with E-state index < -0.39 is 12.1 Å². The van der Waals surface area contributed by atoms with E-state index in [-0.39, 0.29) is 35.2 Å². The molecule has 2 amide bonds. The van der Waals surface area contributed by atoms with Crippen LogP contribution in [0, 0.1) is 17.8 Å². The smallest absolute Gasteiger partial charge is 0.270 e. The van der Waals surface area contributed by atoms with Crippen molar-refractivity contribution in [2.45, 2.75) is 96.1 Å². The lowest BCUT2D eigenvalue weighted by Gasteiger charge is -2.29. The summed E-state index contributed by atoms with van der Waals surface area (Å²) in [5.74, 6) is 0.160. The number of H-pyrrole nitrogens is 1. The maximum Gasteiger partial charge on any atom is 0.270 e. The van der Waals surface area contributed by atoms with Crippen molar-refractivity contribution in [1.29, 1.82) is 0 Å². The van der Waals surface area contributed by atoms with Gasteiger partial charge in [0.2, 0.25) is 5.91 Å². The van der Waals surface area contributed by atoms with Crippen LogP contribution in [0.1, 0.15) is 92.9 Å². The van der Waals surface area contributed by atoms with Crippen molar-refractivity contribution in [3.05, 3.63) is 23.0 Å². The third-order valence-corrected chi connectivity index (χ3v) is 8.77. The van der Waals surface area contributed by atoms with E-state index in [9.17, 15) is 19.2 Å². The van der Waals surface area contributed by atoms with Crippen LogP contribution in [-0.2, 0) is 27.2 Å². The molecule has 2 heterocycles. The van der Waals surface area contributed by atoms with Gasteiger partial charge >= 0.3 is 0 Å². The van der Waals surface area contributed by atoms with Gasteiger partial charge in [0.15, 0.2) is 5.78 Å². The fourth-order valence-corrected chi connectivity index (χ4v) is 6.92. The molecule has 1 aromatic heterocycles. The first-order valence-corrected chi connectivity index (χ1v) is 13.3. The second kappa shape index (κ2) is 9.67. The van der Waals surface area contributed by atoms with E-state index in [1.807, 2.05) is 6.07 Å². The molecule has 34 heavy (non-hydrogen) atoms. The van der Waals surface area contributed by atoms with Gasteiger partial charge in [-0.15, -0.1) is 0 Å². The van der Waals surface area contributed by atoms with E-state index in [1.54, 1.807) is 11.8 Å². The minimum absolute atomic E-state index is 0.0380. The molecule has 1 aromatic rings. The Balaban J connectivity index is 1.35. The zero-order valence-corrected chi connectivity index (χ0v) is 20.2. The van der Waals surface area contributed by atoms with Crippen molar-refractivity contribution < 1.29 is 19.2 Å². The average molecular weight is 468 g/mol. The number of Topliss-reactive ketones (excluding diaryl/α,β-unsaturated/α-hetero) is 2. The fourth-order valence-electron chi connectivity index (χ4n) is 6.92. The molecular weight excluding hydrogens is 430 g/mol. The zero-order chi connectivity index (χ0) is 23.8. The number of fused-ring (bicyclic) bond motifs is 2. The Morgan fingerprint density at radius 3 is 2.65 bits per heavy atom. The summed E-state index contributed by atoms with van der Waals surface area (Å²) >= 11 is 0. The molecule has 2 saturated carbocycles. The van der Waals surface area contributed by atoms with Gasteiger partial charge in [-0.3, -0.25) is 19.2 Å². The summed E-state index contributed by atoms with van der Waals surface area (Å²) in [4.78, 5) is 57.3. The Morgan fingerprint density at radius 2 is 1.91 bits per heavy atom. The molecular formula is C27H37N3O4. The van der Waals surface area contributed by atoms with E-state index in [0.29, 0.717) is 37.4 Å². The lowest BCUT2D eigenvalue weighted by Crippen LogP contribution is -2.53. The predicted octanol–water partition coefficient (Wildman–Crippen LogP) is 3.36. The maximum atomic E-state index is 13.7. The van der Waals surface area contributed by atoms with E-state index in [1.165, 1.54) is 5.56 Å². The monoisotopic (exact) mass is 467 g/mol. The van der Waals surface area contributed by atoms with Crippen LogP contribution in [-0.4, -0.2) is 51.9 Å². The molecule has 2 N–H and O–H groups in total. The second-order valence-corrected chi connectivity index (χ2v) is 10.8. The standard InChI is InChI=1S/C27H37N3O4/c1-2-23(31)21(14-17-8-6-12-24(17)32)29-26(33)25-19-10-5-9-18(19)15-30(25)27(34)22-13-16-7-3-4-11-20(16)28-22/h13,17-19,21,25,28H,2-12,14-15H2,1H3,(H,29,33). The fraction of sp³-hybridized carbons (Fsp3) is 0.704. The Kier molecular flexibility index (Phi) is 6.63. The van der Waals surface area contributed by atoms with Crippen LogP contribution in [0.3, 0.4) is 0 Å². The highest BCUT2D eigenvalue weighted by molar-refractivity contribution is 5.98. The van der Waals surface area contributed by atoms with Crippen LogP contribution >= 0.6 is 0 Å². The van der Waals surface area contributed by atoms with Gasteiger partial charge in [-0.1, -0.05) is 13.3 Å². The highest BCUT2D eigenvalue weighted by Gasteiger charge is 2.50. The van der Waals surface area contributed by atoms with Crippen LogP contribution in [0.5, 0.6) is 0 Å². The molecule has 0 bridgehead atoms. The van der Waals surface area contributed by atoms with Crippen LogP contribution < -0.4 is 5.32 Å². The van der Waals surface area contributed by atoms with Gasteiger partial charge in [0.1, 0.15) is 17.5 Å². The number of likely N-dealkylation sites (tertiary alicyclic amines) is 1. The van der Waals surface area contributed by atoms with E-state index >= 15 is 0 Å². The van der Waals surface area contributed by atoms with Gasteiger partial charge < -0.3 is 15.2 Å². The first-order valence-electron chi connectivity index (χ1n) is 13.3. The number of rotatable bonds is 7. The molecule has 0 radical (unpaired) electrons. The minimum Gasteiger partial charge on any atom is -0.354 e. The van der Waals surface area contributed by atoms with Crippen molar-refractivity contribution >= 4 is 23.4 Å². The van der Waals surface area contributed by atoms with Gasteiger partial charge in [-0.2, -0.15) is 0 Å². The molecule has 3 fully saturated rings. The molecule has 1 saturated heterocycles. The Labute approximate surface area is 201 Å². The third-order valence-electron chi connectivity index (χ3n) is 8.77. The normalized spacial score (nSPS) is 29.1. The van der Waals surface area contributed by atoms with Gasteiger partial charge in [-0.05, 0) is 81.3 Å². The summed E-state index contributed by atoms with van der Waals surface area (Å²) in [5.41, 5.74) is 2.97. The first kappa shape index (κ1) is 23.3. The summed E-state index contributed by atoms with van der Waals surface area (Å²) in [6.07, 6.45) is 10.2. The quantitative estimate of drug-likeness (QED) is 0.642. The highest BCUT2D eigenvalue weighted by Crippen LogP contribution is 2.43. The van der Waals surface area contributed by atoms with E-state index in [4.69, 9.17) is 0 Å². The number of carbonyl (C=O) groups excluding carboxylic acids is 4. The number of hydrogen-bond acceptors (Lipinski definition) is 4. The van der Waals surface area contributed by atoms with E-state index in [0.717, 1.165) is 63.5 Å². The molecule has 5 atom stereocenters. The Hall–Kier alpha value is -2.44. The molecule has 3 aliphatic carbocycles. The summed E-state index contributed by atoms with van der Waals surface area (Å²) in [7, 11) is 0. The SMILES string of the molecule is CCC(=O)C(CC1CCCC1=O)NC(=O)C1C2CCCC2CN1C(=O)c1cc2c([nH]1)CCCC2. The number of aromatic amines is 1. The van der Waals surface area contributed by atoms with Gasteiger partial charge in [0.05, 0.1) is 6.04 Å². The third kappa shape index (κ3) is 4.34. The molecule has 0 spiro atoms. The molecule has 0 aromatic carbocycles. The zero-order valence-electron chi connectivity index (χ0n) is 20.2. The number of ketones is 2. The molecule has 5 unspecified atom stereocenters. The number of nitrogens with zero attached hydrogens (tertiary/aromatic N) is 1. The summed E-state index contributed by atoms with van der Waals surface area (Å²) in [6.45, 7) is 2.39. The van der Waals surface area contributed by atoms with E-state index in [2.05, 4.69) is 10.3 Å². The number of hydrogen-bond donors (Lipinski definition) is 2. The van der Waals surface area contributed by atoms with Crippen LogP contribution in [0.2, 0.25) is 0 Å². The molecule has 5 rings (SSSR count). The van der Waals surface area contributed by atoms with Crippen molar-refractivity contribution in [1.82, 2.24) is 15.2 Å². The van der Waals surface area contributed by atoms with Gasteiger partial charge in [0, 0.05) is 31.0 Å². The van der Waals surface area contributed by atoms with Gasteiger partial charge in [0.25, 0.3) is 5.91 Å². The number of amides is 2. The molecule has 1 aliphatic heterocycles. The van der Waals surface area contributed by atoms with Crippen molar-refractivity contribution in [3.8, 4) is 0 Å². The molecule has 184 valence electrons. The maximum absolute atomic E-state index is 13.7. The molecule has 7 heteroatoms. The van der Waals surface area contributed by atoms with Crippen molar-refractivity contribution in [3.63, 3.8) is 0 Å². The lowest BCUT2D eigenvalue weighted by atomic mass is 9.91. The van der Waals surface area contributed by atoms with Crippen LogP contribution in [0.15, 0.2) is 6.07 Å². The number of aromatic nitrogens is 1. The Morgan fingerprint density at radius 1 is 1.09 bits per heavy atom. The van der Waals surface area contributed by atoms with Gasteiger partial charge in [-0.25, -0.2) is 0 Å². The summed E-state index contributed by atoms with van der Waals surface area (Å²) in [5, 5.41) is 3.01. The number of aryl methyl sites for hydroxylation is 2. The highest BCUT2D eigenvalue weighted by atomic mass is 16.2. The number of carbonyl (C=O) groups is 4. The van der Waals surface area contributed by atoms with Crippen molar-refractivity contribution in [2.75, 3.05) is 6.54 Å². The Bertz CT molecular complexity index is 959. The molecule has 4 aliphatic rings. The van der Waals surface area contributed by atoms with Crippen LogP contribution in [0.4, 0.5) is 0 Å². The first-order chi connectivity index (χ1) is 16.5. The summed E-state index contributed by atoms with van der Waals surface area (Å²) < 4.78 is 0. The second-order valence-electron chi connectivity index (χ2n) is 10.8. The molecule has 7 nitrogen and oxygen atoms in total. The minimum atomic E-state index is -0.653. The predicted molar refractivity (Wildman–Crippen MR) is 127 cm³/mol.